The van der Waals surface area contributed by atoms with Gasteiger partial charge in [0.15, 0.2) is 0 Å². The second-order valence-electron chi connectivity index (χ2n) is 2.94. The van der Waals surface area contributed by atoms with Crippen LogP contribution in [0.4, 0.5) is 5.82 Å². The standard InChI is InChI=1S/C10H10N4O/c1-15-8-2-7(3-12-4-8)9-5-13-6-10(11)14-9/h2-6H,1H3,(H2,11,14). The van der Waals surface area contributed by atoms with Crippen LogP contribution in [0, 0.1) is 0 Å². The number of pyridine rings is 1. The lowest BCUT2D eigenvalue weighted by atomic mass is 10.2. The molecule has 0 amide bonds. The van der Waals surface area contributed by atoms with Gasteiger partial charge in [0.2, 0.25) is 0 Å². The fourth-order valence-corrected chi connectivity index (χ4v) is 1.19. The van der Waals surface area contributed by atoms with Gasteiger partial charge in [0.1, 0.15) is 11.6 Å². The maximum Gasteiger partial charge on any atom is 0.142 e. The Labute approximate surface area is 87.0 Å². The molecular formula is C10H10N4O. The van der Waals surface area contributed by atoms with Crippen molar-refractivity contribution in [3.63, 3.8) is 0 Å². The molecule has 2 aromatic rings. The molecule has 2 N–H and O–H groups in total. The van der Waals surface area contributed by atoms with Crippen molar-refractivity contribution in [2.45, 2.75) is 0 Å². The highest BCUT2D eigenvalue weighted by molar-refractivity contribution is 5.59. The molecule has 0 fully saturated rings. The van der Waals surface area contributed by atoms with E-state index in [2.05, 4.69) is 15.0 Å². The minimum Gasteiger partial charge on any atom is -0.495 e. The molecule has 0 aliphatic heterocycles. The molecule has 0 atom stereocenters. The normalized spacial score (nSPS) is 9.93. The van der Waals surface area contributed by atoms with Crippen molar-refractivity contribution >= 4 is 5.82 Å². The van der Waals surface area contributed by atoms with Gasteiger partial charge in [-0.3, -0.25) is 9.97 Å². The van der Waals surface area contributed by atoms with Gasteiger partial charge in [0, 0.05) is 11.8 Å². The van der Waals surface area contributed by atoms with Crippen molar-refractivity contribution in [1.82, 2.24) is 15.0 Å². The molecule has 5 heteroatoms. The number of aromatic nitrogens is 3. The Morgan fingerprint density at radius 1 is 1.13 bits per heavy atom. The number of methoxy groups -OCH3 is 1. The SMILES string of the molecule is COc1cncc(-c2cncc(N)n2)c1. The van der Waals surface area contributed by atoms with Crippen molar-refractivity contribution in [1.29, 1.82) is 0 Å². The minimum absolute atomic E-state index is 0.385. The maximum atomic E-state index is 5.54. The lowest BCUT2D eigenvalue weighted by Crippen LogP contribution is -1.94. The molecule has 0 saturated heterocycles. The first-order chi connectivity index (χ1) is 7.29. The number of hydrogen-bond acceptors (Lipinski definition) is 5. The average Bonchev–Trinajstić information content (AvgIpc) is 2.29. The zero-order chi connectivity index (χ0) is 10.7. The van der Waals surface area contributed by atoms with Gasteiger partial charge in [0.05, 0.1) is 31.4 Å². The molecule has 0 aliphatic rings. The van der Waals surface area contributed by atoms with Crippen LogP contribution in [0.3, 0.4) is 0 Å². The number of nitrogen functional groups attached to an aromatic ring is 1. The van der Waals surface area contributed by atoms with E-state index < -0.39 is 0 Å². The summed E-state index contributed by atoms with van der Waals surface area (Å²) in [5, 5.41) is 0. The molecule has 5 nitrogen and oxygen atoms in total. The van der Waals surface area contributed by atoms with Gasteiger partial charge in [0.25, 0.3) is 0 Å². The van der Waals surface area contributed by atoms with E-state index in [-0.39, 0.29) is 0 Å². The summed E-state index contributed by atoms with van der Waals surface area (Å²) in [5.74, 6) is 1.06. The fraction of sp³-hybridized carbons (Fsp3) is 0.100. The maximum absolute atomic E-state index is 5.54. The van der Waals surface area contributed by atoms with Gasteiger partial charge in [-0.2, -0.15) is 0 Å². The van der Waals surface area contributed by atoms with Crippen LogP contribution in [0.2, 0.25) is 0 Å². The van der Waals surface area contributed by atoms with Crippen molar-refractivity contribution in [3.05, 3.63) is 30.9 Å². The summed E-state index contributed by atoms with van der Waals surface area (Å²) in [5.41, 5.74) is 7.05. The highest BCUT2D eigenvalue weighted by Gasteiger charge is 2.02. The quantitative estimate of drug-likeness (QED) is 0.790. The van der Waals surface area contributed by atoms with Gasteiger partial charge >= 0.3 is 0 Å². The van der Waals surface area contributed by atoms with Crippen LogP contribution in [0.5, 0.6) is 5.75 Å². The molecular weight excluding hydrogens is 192 g/mol. The first kappa shape index (κ1) is 9.39. The molecule has 0 aliphatic carbocycles. The molecule has 2 heterocycles. The second kappa shape index (κ2) is 3.91. The molecule has 0 spiro atoms. The number of nitrogens with two attached hydrogens (primary N) is 1. The predicted octanol–water partition coefficient (Wildman–Crippen LogP) is 1.13. The zero-order valence-electron chi connectivity index (χ0n) is 8.21. The van der Waals surface area contributed by atoms with E-state index in [0.717, 1.165) is 5.56 Å². The Bertz CT molecular complexity index is 472. The Balaban J connectivity index is 2.44. The van der Waals surface area contributed by atoms with Crippen molar-refractivity contribution < 1.29 is 4.74 Å². The highest BCUT2D eigenvalue weighted by atomic mass is 16.5. The van der Waals surface area contributed by atoms with Crippen molar-refractivity contribution in [2.24, 2.45) is 0 Å². The summed E-state index contributed by atoms with van der Waals surface area (Å²) in [6.07, 6.45) is 6.44. The fourth-order valence-electron chi connectivity index (χ4n) is 1.19. The zero-order valence-corrected chi connectivity index (χ0v) is 8.21. The van der Waals surface area contributed by atoms with Gasteiger partial charge < -0.3 is 10.5 Å². The van der Waals surface area contributed by atoms with E-state index in [9.17, 15) is 0 Å². The Kier molecular flexibility index (Phi) is 2.45. The molecule has 0 saturated carbocycles. The first-order valence-corrected chi connectivity index (χ1v) is 4.36. The smallest absolute Gasteiger partial charge is 0.142 e. The molecule has 15 heavy (non-hydrogen) atoms. The van der Waals surface area contributed by atoms with E-state index in [1.165, 1.54) is 6.20 Å². The van der Waals surface area contributed by atoms with E-state index in [1.54, 1.807) is 25.7 Å². The topological polar surface area (TPSA) is 73.9 Å². The number of nitrogens with zero attached hydrogens (tertiary/aromatic N) is 3. The van der Waals surface area contributed by atoms with Crippen molar-refractivity contribution in [3.8, 4) is 17.0 Å². The third kappa shape index (κ3) is 2.01. The van der Waals surface area contributed by atoms with Crippen LogP contribution >= 0.6 is 0 Å². The second-order valence-corrected chi connectivity index (χ2v) is 2.94. The van der Waals surface area contributed by atoms with Crippen LogP contribution in [0.25, 0.3) is 11.3 Å². The highest BCUT2D eigenvalue weighted by Crippen LogP contribution is 2.20. The van der Waals surface area contributed by atoms with Crippen LogP contribution in [-0.4, -0.2) is 22.1 Å². The number of anilines is 1. The van der Waals surface area contributed by atoms with Gasteiger partial charge in [-0.1, -0.05) is 0 Å². The monoisotopic (exact) mass is 202 g/mol. The van der Waals surface area contributed by atoms with Gasteiger partial charge in [-0.25, -0.2) is 4.98 Å². The third-order valence-electron chi connectivity index (χ3n) is 1.90. The Hall–Kier alpha value is -2.17. The van der Waals surface area contributed by atoms with E-state index in [1.807, 2.05) is 6.07 Å². The van der Waals surface area contributed by atoms with E-state index in [4.69, 9.17) is 10.5 Å². The summed E-state index contributed by atoms with van der Waals surface area (Å²) in [7, 11) is 1.59. The van der Waals surface area contributed by atoms with Crippen LogP contribution < -0.4 is 10.5 Å². The van der Waals surface area contributed by atoms with E-state index >= 15 is 0 Å². The summed E-state index contributed by atoms with van der Waals surface area (Å²) in [6.45, 7) is 0. The number of hydrogen-bond donors (Lipinski definition) is 1. The Morgan fingerprint density at radius 2 is 1.93 bits per heavy atom. The van der Waals surface area contributed by atoms with Crippen LogP contribution in [0.1, 0.15) is 0 Å². The van der Waals surface area contributed by atoms with Crippen molar-refractivity contribution in [2.75, 3.05) is 12.8 Å². The van der Waals surface area contributed by atoms with Gasteiger partial charge in [-0.05, 0) is 6.07 Å². The van der Waals surface area contributed by atoms with Gasteiger partial charge in [-0.15, -0.1) is 0 Å². The Morgan fingerprint density at radius 3 is 2.67 bits per heavy atom. The molecule has 0 bridgehead atoms. The average molecular weight is 202 g/mol. The number of rotatable bonds is 2. The minimum atomic E-state index is 0.385. The number of ether oxygens (including phenoxy) is 1. The molecule has 0 aromatic carbocycles. The summed E-state index contributed by atoms with van der Waals surface area (Å²) in [4.78, 5) is 12.1. The van der Waals surface area contributed by atoms with Crippen LogP contribution in [-0.2, 0) is 0 Å². The third-order valence-corrected chi connectivity index (χ3v) is 1.90. The molecule has 0 radical (unpaired) electrons. The largest absolute Gasteiger partial charge is 0.495 e. The lowest BCUT2D eigenvalue weighted by molar-refractivity contribution is 0.413. The molecule has 76 valence electrons. The summed E-state index contributed by atoms with van der Waals surface area (Å²) < 4.78 is 5.06. The first-order valence-electron chi connectivity index (χ1n) is 4.36. The summed E-state index contributed by atoms with van der Waals surface area (Å²) >= 11 is 0. The molecule has 2 aromatic heterocycles. The van der Waals surface area contributed by atoms with Crippen LogP contribution in [0.15, 0.2) is 30.9 Å². The summed E-state index contributed by atoms with van der Waals surface area (Å²) in [6, 6.07) is 1.83. The molecule has 0 unspecified atom stereocenters. The predicted molar refractivity (Wildman–Crippen MR) is 56.2 cm³/mol. The lowest BCUT2D eigenvalue weighted by Gasteiger charge is -2.03. The molecule has 2 rings (SSSR count). The van der Waals surface area contributed by atoms with E-state index in [0.29, 0.717) is 17.3 Å².